The number of phenolic OH excluding ortho intramolecular Hbond substituents is 1. The summed E-state index contributed by atoms with van der Waals surface area (Å²) in [5, 5.41) is 9.28. The molecule has 0 atom stereocenters. The van der Waals surface area contributed by atoms with Crippen LogP contribution < -0.4 is 0 Å². The number of pyridine rings is 1. The van der Waals surface area contributed by atoms with Crippen LogP contribution in [0.4, 0.5) is 0 Å². The molecule has 0 aliphatic rings. The topological polar surface area (TPSA) is 59.4 Å². The highest BCUT2D eigenvalue weighted by atomic mass is 16.5. The molecular weight excluding hydrogens is 242 g/mol. The van der Waals surface area contributed by atoms with Gasteiger partial charge >= 0.3 is 5.97 Å². The largest absolute Gasteiger partial charge is 0.508 e. The zero-order valence-corrected chi connectivity index (χ0v) is 10.5. The van der Waals surface area contributed by atoms with Crippen molar-refractivity contribution in [3.63, 3.8) is 0 Å². The van der Waals surface area contributed by atoms with Crippen LogP contribution in [0.15, 0.2) is 43.0 Å². The SMILES string of the molecule is C=Cc1cc(-c2ccc(O)cc2)cc(C(=O)OC)n1. The van der Waals surface area contributed by atoms with E-state index in [1.807, 2.05) is 6.07 Å². The molecule has 96 valence electrons. The molecule has 0 bridgehead atoms. The van der Waals surface area contributed by atoms with Crippen LogP contribution in [-0.2, 0) is 4.74 Å². The fourth-order valence-electron chi connectivity index (χ4n) is 1.69. The maximum absolute atomic E-state index is 11.6. The van der Waals surface area contributed by atoms with Crippen molar-refractivity contribution in [2.45, 2.75) is 0 Å². The predicted octanol–water partition coefficient (Wildman–Crippen LogP) is 2.88. The molecule has 0 saturated heterocycles. The van der Waals surface area contributed by atoms with Gasteiger partial charge in [0.25, 0.3) is 0 Å². The molecule has 1 aromatic heterocycles. The van der Waals surface area contributed by atoms with Gasteiger partial charge in [-0.2, -0.15) is 0 Å². The predicted molar refractivity (Wildman–Crippen MR) is 72.8 cm³/mol. The first-order chi connectivity index (χ1) is 9.13. The Hall–Kier alpha value is -2.62. The number of methoxy groups -OCH3 is 1. The maximum atomic E-state index is 11.6. The van der Waals surface area contributed by atoms with E-state index < -0.39 is 5.97 Å². The second-order valence-corrected chi connectivity index (χ2v) is 3.91. The van der Waals surface area contributed by atoms with E-state index in [9.17, 15) is 9.90 Å². The first-order valence-corrected chi connectivity index (χ1v) is 5.66. The molecule has 0 aliphatic heterocycles. The van der Waals surface area contributed by atoms with Gasteiger partial charge in [-0.1, -0.05) is 18.7 Å². The van der Waals surface area contributed by atoms with E-state index in [4.69, 9.17) is 0 Å². The molecule has 19 heavy (non-hydrogen) atoms. The van der Waals surface area contributed by atoms with Gasteiger partial charge in [-0.15, -0.1) is 0 Å². The zero-order chi connectivity index (χ0) is 13.8. The number of rotatable bonds is 3. The normalized spacial score (nSPS) is 9.95. The number of phenols is 1. The van der Waals surface area contributed by atoms with Crippen LogP contribution in [0.5, 0.6) is 5.75 Å². The Balaban J connectivity index is 2.53. The zero-order valence-electron chi connectivity index (χ0n) is 10.5. The third-order valence-electron chi connectivity index (χ3n) is 2.65. The van der Waals surface area contributed by atoms with Gasteiger partial charge in [0.2, 0.25) is 0 Å². The van der Waals surface area contributed by atoms with Crippen molar-refractivity contribution in [3.8, 4) is 16.9 Å². The number of benzene rings is 1. The van der Waals surface area contributed by atoms with Crippen LogP contribution in [0.1, 0.15) is 16.2 Å². The summed E-state index contributed by atoms with van der Waals surface area (Å²) in [4.78, 5) is 15.7. The number of aromatic nitrogens is 1. The molecule has 1 heterocycles. The number of aromatic hydroxyl groups is 1. The number of carbonyl (C=O) groups is 1. The first kappa shape index (κ1) is 12.8. The second kappa shape index (κ2) is 5.35. The van der Waals surface area contributed by atoms with Gasteiger partial charge in [-0.25, -0.2) is 9.78 Å². The quantitative estimate of drug-likeness (QED) is 0.857. The highest BCUT2D eigenvalue weighted by Gasteiger charge is 2.10. The monoisotopic (exact) mass is 255 g/mol. The lowest BCUT2D eigenvalue weighted by molar-refractivity contribution is 0.0594. The van der Waals surface area contributed by atoms with Crippen molar-refractivity contribution >= 4 is 12.0 Å². The van der Waals surface area contributed by atoms with Gasteiger partial charge in [-0.05, 0) is 41.5 Å². The summed E-state index contributed by atoms with van der Waals surface area (Å²) in [5.74, 6) is -0.307. The van der Waals surface area contributed by atoms with E-state index in [1.54, 1.807) is 36.4 Å². The lowest BCUT2D eigenvalue weighted by atomic mass is 10.0. The summed E-state index contributed by atoms with van der Waals surface area (Å²) < 4.78 is 4.67. The van der Waals surface area contributed by atoms with E-state index in [0.717, 1.165) is 11.1 Å². The van der Waals surface area contributed by atoms with Crippen molar-refractivity contribution in [1.29, 1.82) is 0 Å². The number of carbonyl (C=O) groups excluding carboxylic acids is 1. The lowest BCUT2D eigenvalue weighted by Crippen LogP contribution is -2.05. The smallest absolute Gasteiger partial charge is 0.356 e. The Morgan fingerprint density at radius 2 is 1.95 bits per heavy atom. The van der Waals surface area contributed by atoms with Gasteiger partial charge in [-0.3, -0.25) is 0 Å². The average molecular weight is 255 g/mol. The molecule has 2 rings (SSSR count). The van der Waals surface area contributed by atoms with E-state index >= 15 is 0 Å². The molecule has 0 aliphatic carbocycles. The van der Waals surface area contributed by atoms with Crippen molar-refractivity contribution in [2.75, 3.05) is 7.11 Å². The number of nitrogens with zero attached hydrogens (tertiary/aromatic N) is 1. The molecule has 2 aromatic rings. The van der Waals surface area contributed by atoms with Crippen LogP contribution in [-0.4, -0.2) is 23.2 Å². The van der Waals surface area contributed by atoms with Crippen molar-refractivity contribution in [1.82, 2.24) is 4.98 Å². The van der Waals surface area contributed by atoms with Crippen molar-refractivity contribution < 1.29 is 14.6 Å². The van der Waals surface area contributed by atoms with Crippen LogP contribution in [0, 0.1) is 0 Å². The summed E-state index contributed by atoms with van der Waals surface area (Å²) in [6.45, 7) is 3.65. The maximum Gasteiger partial charge on any atom is 0.356 e. The number of esters is 1. The Morgan fingerprint density at radius 3 is 2.53 bits per heavy atom. The Labute approximate surface area is 111 Å². The van der Waals surface area contributed by atoms with Gasteiger partial charge in [0, 0.05) is 0 Å². The Bertz CT molecular complexity index is 618. The molecule has 0 amide bonds. The molecule has 1 N–H and O–H groups in total. The lowest BCUT2D eigenvalue weighted by Gasteiger charge is -2.06. The van der Waals surface area contributed by atoms with Gasteiger partial charge in [0.05, 0.1) is 12.8 Å². The average Bonchev–Trinajstić information content (AvgIpc) is 2.46. The van der Waals surface area contributed by atoms with E-state index in [2.05, 4.69) is 16.3 Å². The van der Waals surface area contributed by atoms with E-state index in [0.29, 0.717) is 5.69 Å². The minimum absolute atomic E-state index is 0.190. The molecule has 0 saturated carbocycles. The third kappa shape index (κ3) is 2.80. The summed E-state index contributed by atoms with van der Waals surface area (Å²) >= 11 is 0. The van der Waals surface area contributed by atoms with Crippen molar-refractivity contribution in [3.05, 3.63) is 54.4 Å². The number of hydrogen-bond acceptors (Lipinski definition) is 4. The van der Waals surface area contributed by atoms with Gasteiger partial charge in [0.15, 0.2) is 0 Å². The molecule has 0 radical (unpaired) electrons. The summed E-state index contributed by atoms with van der Waals surface area (Å²) in [5.41, 5.74) is 2.49. The first-order valence-electron chi connectivity index (χ1n) is 5.66. The molecule has 0 fully saturated rings. The molecule has 4 heteroatoms. The highest BCUT2D eigenvalue weighted by Crippen LogP contribution is 2.23. The molecular formula is C15H13NO3. The summed E-state index contributed by atoms with van der Waals surface area (Å²) in [6, 6.07) is 10.1. The number of hydrogen-bond donors (Lipinski definition) is 1. The third-order valence-corrected chi connectivity index (χ3v) is 2.65. The molecule has 0 spiro atoms. The van der Waals surface area contributed by atoms with Crippen LogP contribution >= 0.6 is 0 Å². The molecule has 0 unspecified atom stereocenters. The molecule has 4 nitrogen and oxygen atoms in total. The number of ether oxygens (including phenoxy) is 1. The van der Waals surface area contributed by atoms with Gasteiger partial charge < -0.3 is 9.84 Å². The minimum atomic E-state index is -0.497. The van der Waals surface area contributed by atoms with Crippen LogP contribution in [0.3, 0.4) is 0 Å². The van der Waals surface area contributed by atoms with Gasteiger partial charge in [0.1, 0.15) is 11.4 Å². The standard InChI is InChI=1S/C15H13NO3/c1-3-12-8-11(9-14(16-12)15(18)19-2)10-4-6-13(17)7-5-10/h3-9,17H,1H2,2H3. The van der Waals surface area contributed by atoms with Crippen molar-refractivity contribution in [2.24, 2.45) is 0 Å². The van der Waals surface area contributed by atoms with E-state index in [1.165, 1.54) is 7.11 Å². The fourth-order valence-corrected chi connectivity index (χ4v) is 1.69. The second-order valence-electron chi connectivity index (χ2n) is 3.91. The van der Waals surface area contributed by atoms with E-state index in [-0.39, 0.29) is 11.4 Å². The highest BCUT2D eigenvalue weighted by molar-refractivity contribution is 5.89. The summed E-state index contributed by atoms with van der Waals surface area (Å²) in [7, 11) is 1.31. The Morgan fingerprint density at radius 1 is 1.26 bits per heavy atom. The Kier molecular flexibility index (Phi) is 3.61. The summed E-state index contributed by atoms with van der Waals surface area (Å²) in [6.07, 6.45) is 1.57. The molecule has 1 aromatic carbocycles. The minimum Gasteiger partial charge on any atom is -0.508 e. The van der Waals surface area contributed by atoms with Crippen LogP contribution in [0.25, 0.3) is 17.2 Å². The van der Waals surface area contributed by atoms with Crippen LogP contribution in [0.2, 0.25) is 0 Å². The fraction of sp³-hybridized carbons (Fsp3) is 0.0667.